The second kappa shape index (κ2) is 10.1. The highest BCUT2D eigenvalue weighted by Gasteiger charge is 2.17. The minimum absolute atomic E-state index is 0.128. The predicted molar refractivity (Wildman–Crippen MR) is 122 cm³/mol. The molecule has 0 radical (unpaired) electrons. The number of anilines is 1. The standard InChI is InChI=1S/C23H20FN5O2S/c1-2-31-20-9-5-18(6-10-20)26-21(30)15-32-23-28-27-22(16-11-13-25-14-12-16)29(23)19-7-3-17(24)4-8-19/h3-14H,2,15H2,1H3,(H,26,30). The summed E-state index contributed by atoms with van der Waals surface area (Å²) in [7, 11) is 0. The van der Waals surface area contributed by atoms with E-state index < -0.39 is 0 Å². The van der Waals surface area contributed by atoms with Crippen molar-refractivity contribution in [2.75, 3.05) is 17.7 Å². The first kappa shape index (κ1) is 21.5. The second-order valence-corrected chi connectivity index (χ2v) is 7.59. The van der Waals surface area contributed by atoms with E-state index >= 15 is 0 Å². The van der Waals surface area contributed by atoms with E-state index in [2.05, 4.69) is 20.5 Å². The number of rotatable bonds is 8. The third-order valence-corrected chi connectivity index (χ3v) is 5.37. The number of pyridine rings is 1. The van der Waals surface area contributed by atoms with Gasteiger partial charge >= 0.3 is 0 Å². The summed E-state index contributed by atoms with van der Waals surface area (Å²) in [4.78, 5) is 16.5. The number of benzene rings is 2. The molecule has 0 fully saturated rings. The Kier molecular flexibility index (Phi) is 6.76. The molecular weight excluding hydrogens is 429 g/mol. The molecule has 0 aliphatic rings. The van der Waals surface area contributed by atoms with Gasteiger partial charge < -0.3 is 10.1 Å². The van der Waals surface area contributed by atoms with Crippen LogP contribution in [0.15, 0.2) is 78.2 Å². The summed E-state index contributed by atoms with van der Waals surface area (Å²) in [5.74, 6) is 0.932. The van der Waals surface area contributed by atoms with Gasteiger partial charge in [0.05, 0.1) is 12.4 Å². The summed E-state index contributed by atoms with van der Waals surface area (Å²) < 4.78 is 20.7. The first-order chi connectivity index (χ1) is 15.6. The first-order valence-electron chi connectivity index (χ1n) is 9.91. The summed E-state index contributed by atoms with van der Waals surface area (Å²) >= 11 is 1.24. The molecule has 0 bridgehead atoms. The fourth-order valence-corrected chi connectivity index (χ4v) is 3.75. The normalized spacial score (nSPS) is 10.7. The minimum atomic E-state index is -0.337. The van der Waals surface area contributed by atoms with E-state index in [1.54, 1.807) is 53.4 Å². The molecule has 0 aliphatic carbocycles. The van der Waals surface area contributed by atoms with Crippen LogP contribution in [0.2, 0.25) is 0 Å². The van der Waals surface area contributed by atoms with Crippen LogP contribution in [-0.4, -0.2) is 38.0 Å². The highest BCUT2D eigenvalue weighted by atomic mass is 32.2. The first-order valence-corrected chi connectivity index (χ1v) is 10.9. The number of aromatic nitrogens is 4. The van der Waals surface area contributed by atoms with Gasteiger partial charge in [-0.25, -0.2) is 4.39 Å². The summed E-state index contributed by atoms with van der Waals surface area (Å²) in [6, 6.07) is 16.9. The highest BCUT2D eigenvalue weighted by Crippen LogP contribution is 2.28. The quantitative estimate of drug-likeness (QED) is 0.396. The largest absolute Gasteiger partial charge is 0.494 e. The molecule has 2 heterocycles. The Morgan fingerprint density at radius 2 is 1.75 bits per heavy atom. The van der Waals surface area contributed by atoms with Gasteiger partial charge in [-0.05, 0) is 67.6 Å². The van der Waals surface area contributed by atoms with Crippen LogP contribution in [0.25, 0.3) is 17.1 Å². The van der Waals surface area contributed by atoms with E-state index in [-0.39, 0.29) is 17.5 Å². The Morgan fingerprint density at radius 1 is 1.03 bits per heavy atom. The molecule has 0 unspecified atom stereocenters. The third kappa shape index (κ3) is 5.12. The van der Waals surface area contributed by atoms with Crippen molar-refractivity contribution in [2.45, 2.75) is 12.1 Å². The molecule has 7 nitrogen and oxygen atoms in total. The molecule has 0 spiro atoms. The van der Waals surface area contributed by atoms with E-state index in [0.717, 1.165) is 11.3 Å². The van der Waals surface area contributed by atoms with Crippen LogP contribution < -0.4 is 10.1 Å². The number of nitrogens with one attached hydrogen (secondary N) is 1. The molecule has 162 valence electrons. The number of hydrogen-bond donors (Lipinski definition) is 1. The predicted octanol–water partition coefficient (Wildman–Crippen LogP) is 4.60. The van der Waals surface area contributed by atoms with Crippen molar-refractivity contribution in [1.82, 2.24) is 19.7 Å². The van der Waals surface area contributed by atoms with Gasteiger partial charge in [-0.15, -0.1) is 10.2 Å². The molecule has 1 amide bonds. The van der Waals surface area contributed by atoms with Crippen molar-refractivity contribution in [3.05, 3.63) is 78.9 Å². The lowest BCUT2D eigenvalue weighted by atomic mass is 10.2. The summed E-state index contributed by atoms with van der Waals surface area (Å²) in [5, 5.41) is 11.9. The van der Waals surface area contributed by atoms with Gasteiger partial charge in [0.1, 0.15) is 11.6 Å². The molecular formula is C23H20FN5O2S. The Bertz CT molecular complexity index is 1180. The van der Waals surface area contributed by atoms with Crippen LogP contribution in [0, 0.1) is 5.82 Å². The molecule has 2 aromatic heterocycles. The maximum absolute atomic E-state index is 13.5. The average molecular weight is 450 g/mol. The molecule has 32 heavy (non-hydrogen) atoms. The van der Waals surface area contributed by atoms with E-state index in [4.69, 9.17) is 4.74 Å². The van der Waals surface area contributed by atoms with Crippen molar-refractivity contribution < 1.29 is 13.9 Å². The van der Waals surface area contributed by atoms with Crippen molar-refractivity contribution >= 4 is 23.4 Å². The van der Waals surface area contributed by atoms with E-state index in [1.165, 1.54) is 23.9 Å². The van der Waals surface area contributed by atoms with E-state index in [0.29, 0.717) is 29.0 Å². The highest BCUT2D eigenvalue weighted by molar-refractivity contribution is 7.99. The van der Waals surface area contributed by atoms with Gasteiger partial charge in [0.15, 0.2) is 11.0 Å². The molecule has 1 N–H and O–H groups in total. The zero-order valence-electron chi connectivity index (χ0n) is 17.2. The summed E-state index contributed by atoms with van der Waals surface area (Å²) in [5.41, 5.74) is 2.18. The second-order valence-electron chi connectivity index (χ2n) is 6.65. The number of nitrogens with zero attached hydrogens (tertiary/aromatic N) is 4. The smallest absolute Gasteiger partial charge is 0.234 e. The minimum Gasteiger partial charge on any atom is -0.494 e. The lowest BCUT2D eigenvalue weighted by Gasteiger charge is -2.11. The van der Waals surface area contributed by atoms with Crippen LogP contribution >= 0.6 is 11.8 Å². The molecule has 4 rings (SSSR count). The van der Waals surface area contributed by atoms with Crippen molar-refractivity contribution in [3.63, 3.8) is 0 Å². The Labute approximate surface area is 188 Å². The van der Waals surface area contributed by atoms with Crippen LogP contribution in [0.4, 0.5) is 10.1 Å². The van der Waals surface area contributed by atoms with Gasteiger partial charge in [0.25, 0.3) is 0 Å². The van der Waals surface area contributed by atoms with Gasteiger partial charge in [0.2, 0.25) is 5.91 Å². The third-order valence-electron chi connectivity index (χ3n) is 4.44. The number of amides is 1. The molecule has 2 aromatic carbocycles. The van der Waals surface area contributed by atoms with Crippen LogP contribution in [-0.2, 0) is 4.79 Å². The fourth-order valence-electron chi connectivity index (χ4n) is 3.00. The number of carbonyl (C=O) groups excluding carboxylic acids is 1. The Hall–Kier alpha value is -3.72. The maximum atomic E-state index is 13.5. The molecule has 4 aromatic rings. The fraction of sp³-hybridized carbons (Fsp3) is 0.130. The van der Waals surface area contributed by atoms with Crippen molar-refractivity contribution in [2.24, 2.45) is 0 Å². The zero-order valence-corrected chi connectivity index (χ0v) is 18.1. The molecule has 0 atom stereocenters. The van der Waals surface area contributed by atoms with Crippen molar-refractivity contribution in [3.8, 4) is 22.8 Å². The Balaban J connectivity index is 1.52. The summed E-state index contributed by atoms with van der Waals surface area (Å²) in [6.07, 6.45) is 3.33. The molecule has 0 aliphatic heterocycles. The summed E-state index contributed by atoms with van der Waals surface area (Å²) in [6.45, 7) is 2.50. The molecule has 9 heteroatoms. The number of thioether (sulfide) groups is 1. The molecule has 0 saturated heterocycles. The number of ether oxygens (including phenoxy) is 1. The van der Waals surface area contributed by atoms with Gasteiger partial charge in [-0.1, -0.05) is 11.8 Å². The van der Waals surface area contributed by atoms with Gasteiger partial charge in [0, 0.05) is 29.3 Å². The zero-order chi connectivity index (χ0) is 22.3. The maximum Gasteiger partial charge on any atom is 0.234 e. The number of halogens is 1. The van der Waals surface area contributed by atoms with E-state index in [9.17, 15) is 9.18 Å². The number of carbonyl (C=O) groups is 1. The van der Waals surface area contributed by atoms with Crippen LogP contribution in [0.5, 0.6) is 5.75 Å². The monoisotopic (exact) mass is 449 g/mol. The topological polar surface area (TPSA) is 81.9 Å². The van der Waals surface area contributed by atoms with Gasteiger partial charge in [-0.3, -0.25) is 14.3 Å². The lowest BCUT2D eigenvalue weighted by Crippen LogP contribution is -2.14. The average Bonchev–Trinajstić information content (AvgIpc) is 3.24. The van der Waals surface area contributed by atoms with Crippen LogP contribution in [0.3, 0.4) is 0 Å². The number of hydrogen-bond acceptors (Lipinski definition) is 6. The molecule has 0 saturated carbocycles. The van der Waals surface area contributed by atoms with E-state index in [1.807, 2.05) is 19.1 Å². The Morgan fingerprint density at radius 3 is 2.44 bits per heavy atom. The van der Waals surface area contributed by atoms with Crippen molar-refractivity contribution in [1.29, 1.82) is 0 Å². The van der Waals surface area contributed by atoms with Gasteiger partial charge in [-0.2, -0.15) is 0 Å². The lowest BCUT2D eigenvalue weighted by molar-refractivity contribution is -0.113. The van der Waals surface area contributed by atoms with Crippen LogP contribution in [0.1, 0.15) is 6.92 Å². The SMILES string of the molecule is CCOc1ccc(NC(=O)CSc2nnc(-c3ccncc3)n2-c2ccc(F)cc2)cc1.